The van der Waals surface area contributed by atoms with Crippen molar-refractivity contribution in [2.24, 2.45) is 0 Å². The van der Waals surface area contributed by atoms with E-state index < -0.39 is 0 Å². The van der Waals surface area contributed by atoms with Crippen LogP contribution in [0.25, 0.3) is 33.4 Å². The van der Waals surface area contributed by atoms with E-state index in [-0.39, 0.29) is 0 Å². The van der Waals surface area contributed by atoms with Crippen molar-refractivity contribution < 1.29 is 0 Å². The Morgan fingerprint density at radius 2 is 1.48 bits per heavy atom. The van der Waals surface area contributed by atoms with Gasteiger partial charge in [0.05, 0.1) is 5.52 Å². The number of anilines is 1. The Bertz CT molecular complexity index is 1140. The van der Waals surface area contributed by atoms with Crippen molar-refractivity contribution in [1.29, 1.82) is 0 Å². The van der Waals surface area contributed by atoms with Crippen LogP contribution in [0.1, 0.15) is 13.8 Å². The number of rotatable bonds is 8. The van der Waals surface area contributed by atoms with Gasteiger partial charge in [0, 0.05) is 29.1 Å². The van der Waals surface area contributed by atoms with Gasteiger partial charge in [0.1, 0.15) is 5.82 Å². The van der Waals surface area contributed by atoms with Crippen molar-refractivity contribution >= 4 is 28.3 Å². The van der Waals surface area contributed by atoms with Gasteiger partial charge >= 0.3 is 0 Å². The van der Waals surface area contributed by atoms with E-state index in [0.29, 0.717) is 10.8 Å². The topological polar surface area (TPSA) is 41.0 Å². The van der Waals surface area contributed by atoms with Crippen LogP contribution >= 0.6 is 11.6 Å². The molecule has 0 saturated heterocycles. The normalized spacial score (nSPS) is 11.2. The highest BCUT2D eigenvalue weighted by Gasteiger charge is 2.11. The third-order valence-electron chi connectivity index (χ3n) is 5.52. The monoisotopic (exact) mass is 430 g/mol. The third-order valence-corrected chi connectivity index (χ3v) is 5.76. The van der Waals surface area contributed by atoms with E-state index in [9.17, 15) is 0 Å². The molecule has 0 radical (unpaired) electrons. The summed E-state index contributed by atoms with van der Waals surface area (Å²) < 4.78 is 0. The fourth-order valence-electron chi connectivity index (χ4n) is 3.68. The van der Waals surface area contributed by atoms with Gasteiger partial charge < -0.3 is 10.2 Å². The summed E-state index contributed by atoms with van der Waals surface area (Å²) in [6.07, 6.45) is 0. The number of halogens is 1. The Hall–Kier alpha value is -2.95. The number of aromatic nitrogens is 2. The average Bonchev–Trinajstić information content (AvgIpc) is 2.82. The van der Waals surface area contributed by atoms with Gasteiger partial charge in [-0.1, -0.05) is 80.0 Å². The number of likely N-dealkylation sites (N-methyl/N-ethyl adjacent to an activating group) is 1. The van der Waals surface area contributed by atoms with Crippen molar-refractivity contribution in [3.05, 3.63) is 77.8 Å². The maximum Gasteiger partial charge on any atom is 0.162 e. The summed E-state index contributed by atoms with van der Waals surface area (Å²) >= 11 is 6.25. The van der Waals surface area contributed by atoms with E-state index in [1.54, 1.807) is 0 Å². The molecular weight excluding hydrogens is 404 g/mol. The van der Waals surface area contributed by atoms with Gasteiger partial charge in [-0.3, -0.25) is 0 Å². The largest absolute Gasteiger partial charge is 0.368 e. The lowest BCUT2D eigenvalue weighted by molar-refractivity contribution is 0.316. The molecule has 0 bridgehead atoms. The summed E-state index contributed by atoms with van der Waals surface area (Å²) in [5, 5.41) is 5.17. The van der Waals surface area contributed by atoms with Crippen molar-refractivity contribution in [2.75, 3.05) is 31.5 Å². The molecule has 4 rings (SSSR count). The molecule has 1 heterocycles. The molecule has 4 nitrogen and oxygen atoms in total. The van der Waals surface area contributed by atoms with Gasteiger partial charge in [0.2, 0.25) is 0 Å². The molecule has 3 aromatic carbocycles. The average molecular weight is 431 g/mol. The summed E-state index contributed by atoms with van der Waals surface area (Å²) in [4.78, 5) is 12.1. The smallest absolute Gasteiger partial charge is 0.162 e. The second-order valence-corrected chi connectivity index (χ2v) is 7.89. The molecule has 0 spiro atoms. The number of hydrogen-bond acceptors (Lipinski definition) is 4. The zero-order valence-electron chi connectivity index (χ0n) is 18.0. The van der Waals surface area contributed by atoms with Crippen LogP contribution in [0.2, 0.25) is 5.02 Å². The Labute approximate surface area is 188 Å². The summed E-state index contributed by atoms with van der Waals surface area (Å²) in [6.45, 7) is 8.23. The second kappa shape index (κ2) is 9.90. The minimum Gasteiger partial charge on any atom is -0.368 e. The van der Waals surface area contributed by atoms with Crippen molar-refractivity contribution in [3.63, 3.8) is 0 Å². The SMILES string of the molecule is CCN(CC)CCNc1nc(-c2ccc(-c3ccccc3)cc2)nc2cc(Cl)ccc12. The molecule has 5 heteroatoms. The fraction of sp³-hybridized carbons (Fsp3) is 0.231. The number of fused-ring (bicyclic) bond motifs is 1. The quantitative estimate of drug-likeness (QED) is 0.352. The molecule has 0 aliphatic carbocycles. The van der Waals surface area contributed by atoms with E-state index in [0.717, 1.165) is 48.5 Å². The van der Waals surface area contributed by atoms with Crippen LogP contribution in [0.15, 0.2) is 72.8 Å². The van der Waals surface area contributed by atoms with E-state index in [1.165, 1.54) is 11.1 Å². The lowest BCUT2D eigenvalue weighted by Crippen LogP contribution is -2.28. The fourth-order valence-corrected chi connectivity index (χ4v) is 3.85. The zero-order valence-corrected chi connectivity index (χ0v) is 18.7. The van der Waals surface area contributed by atoms with E-state index >= 15 is 0 Å². The van der Waals surface area contributed by atoms with Gasteiger partial charge in [0.25, 0.3) is 0 Å². The zero-order chi connectivity index (χ0) is 21.6. The number of benzene rings is 3. The van der Waals surface area contributed by atoms with Gasteiger partial charge in [-0.15, -0.1) is 0 Å². The number of hydrogen-bond donors (Lipinski definition) is 1. The van der Waals surface area contributed by atoms with Gasteiger partial charge in [-0.2, -0.15) is 0 Å². The number of nitrogens with zero attached hydrogens (tertiary/aromatic N) is 3. The standard InChI is InChI=1S/C26H27ClN4/c1-3-31(4-2)17-16-28-26-23-15-14-22(27)18-24(23)29-25(30-26)21-12-10-20(11-13-21)19-8-6-5-7-9-19/h5-15,18H,3-4,16-17H2,1-2H3,(H,28,29,30). The molecule has 31 heavy (non-hydrogen) atoms. The summed E-state index contributed by atoms with van der Waals surface area (Å²) in [5.41, 5.74) is 4.19. The van der Waals surface area contributed by atoms with Gasteiger partial charge in [-0.25, -0.2) is 9.97 Å². The Balaban J connectivity index is 1.66. The van der Waals surface area contributed by atoms with Crippen LogP contribution in [0.4, 0.5) is 5.82 Å². The second-order valence-electron chi connectivity index (χ2n) is 7.45. The van der Waals surface area contributed by atoms with Gasteiger partial charge in [-0.05, 0) is 42.4 Å². The van der Waals surface area contributed by atoms with E-state index in [2.05, 4.69) is 72.6 Å². The minimum atomic E-state index is 0.672. The molecule has 0 atom stereocenters. The highest BCUT2D eigenvalue weighted by molar-refractivity contribution is 6.31. The maximum atomic E-state index is 6.25. The Kier molecular flexibility index (Phi) is 6.80. The summed E-state index contributed by atoms with van der Waals surface area (Å²) in [7, 11) is 0. The molecule has 1 aromatic heterocycles. The maximum absolute atomic E-state index is 6.25. The first kappa shape index (κ1) is 21.3. The summed E-state index contributed by atoms with van der Waals surface area (Å²) in [6, 6.07) is 24.5. The van der Waals surface area contributed by atoms with Crippen molar-refractivity contribution in [1.82, 2.24) is 14.9 Å². The molecular formula is C26H27ClN4. The van der Waals surface area contributed by atoms with Gasteiger partial charge in [0.15, 0.2) is 5.82 Å². The van der Waals surface area contributed by atoms with Crippen LogP contribution in [-0.2, 0) is 0 Å². The Morgan fingerprint density at radius 1 is 0.806 bits per heavy atom. The molecule has 0 saturated carbocycles. The van der Waals surface area contributed by atoms with Crippen molar-refractivity contribution in [2.45, 2.75) is 13.8 Å². The summed E-state index contributed by atoms with van der Waals surface area (Å²) in [5.74, 6) is 1.54. The van der Waals surface area contributed by atoms with Crippen LogP contribution < -0.4 is 5.32 Å². The first-order chi connectivity index (χ1) is 15.2. The first-order valence-corrected chi connectivity index (χ1v) is 11.1. The lowest BCUT2D eigenvalue weighted by atomic mass is 10.0. The Morgan fingerprint density at radius 3 is 2.19 bits per heavy atom. The van der Waals surface area contributed by atoms with Crippen LogP contribution in [-0.4, -0.2) is 41.0 Å². The first-order valence-electron chi connectivity index (χ1n) is 10.8. The lowest BCUT2D eigenvalue weighted by Gasteiger charge is -2.19. The highest BCUT2D eigenvalue weighted by Crippen LogP contribution is 2.28. The predicted molar refractivity (Wildman–Crippen MR) is 132 cm³/mol. The molecule has 158 valence electrons. The van der Waals surface area contributed by atoms with Crippen LogP contribution in [0.3, 0.4) is 0 Å². The van der Waals surface area contributed by atoms with Crippen LogP contribution in [0.5, 0.6) is 0 Å². The number of nitrogens with one attached hydrogen (secondary N) is 1. The van der Waals surface area contributed by atoms with Crippen molar-refractivity contribution in [3.8, 4) is 22.5 Å². The van der Waals surface area contributed by atoms with Crippen LogP contribution in [0, 0.1) is 0 Å². The molecule has 0 aliphatic rings. The molecule has 1 N–H and O–H groups in total. The minimum absolute atomic E-state index is 0.672. The molecule has 0 unspecified atom stereocenters. The predicted octanol–water partition coefficient (Wildman–Crippen LogP) is 6.37. The highest BCUT2D eigenvalue weighted by atomic mass is 35.5. The molecule has 4 aromatic rings. The van der Waals surface area contributed by atoms with E-state index in [1.807, 2.05) is 24.3 Å². The molecule has 0 aliphatic heterocycles. The third kappa shape index (κ3) is 5.04. The molecule has 0 fully saturated rings. The molecule has 0 amide bonds. The van der Waals surface area contributed by atoms with E-state index in [4.69, 9.17) is 21.6 Å².